The first-order valence-corrected chi connectivity index (χ1v) is 3.00. The highest BCUT2D eigenvalue weighted by atomic mass is 16.5. The van der Waals surface area contributed by atoms with Crippen molar-refractivity contribution in [3.8, 4) is 0 Å². The van der Waals surface area contributed by atoms with Crippen LogP contribution in [-0.2, 0) is 14.3 Å². The quantitative estimate of drug-likeness (QED) is 0.427. The fraction of sp³-hybridized carbons (Fsp3) is 0.667. The largest absolute Gasteiger partial charge is 0.458 e. The molecule has 0 bridgehead atoms. The average Bonchev–Trinajstić information content (AvgIpc) is 1.82. The second-order valence-electron chi connectivity index (χ2n) is 2.36. The van der Waals surface area contributed by atoms with Gasteiger partial charge in [-0.1, -0.05) is 13.8 Å². The number of primary amides is 1. The molecule has 0 atom stereocenters. The smallest absolute Gasteiger partial charge is 0.396 e. The van der Waals surface area contributed by atoms with E-state index < -0.39 is 11.9 Å². The highest BCUT2D eigenvalue weighted by Crippen LogP contribution is 1.91. The summed E-state index contributed by atoms with van der Waals surface area (Å²) in [5.41, 5.74) is 4.61. The lowest BCUT2D eigenvalue weighted by atomic mass is 10.2. The number of rotatable bonds is 2. The average molecular weight is 145 g/mol. The first-order valence-electron chi connectivity index (χ1n) is 3.00. The minimum absolute atomic E-state index is 0.225. The van der Waals surface area contributed by atoms with Crippen LogP contribution in [0.5, 0.6) is 0 Å². The van der Waals surface area contributed by atoms with Gasteiger partial charge in [-0.15, -0.1) is 0 Å². The Labute approximate surface area is 59.3 Å². The second kappa shape index (κ2) is 3.87. The highest BCUT2D eigenvalue weighted by Gasteiger charge is 2.09. The Morgan fingerprint density at radius 2 is 2.00 bits per heavy atom. The predicted octanol–water partition coefficient (Wildman–Crippen LogP) is -0.329. The first kappa shape index (κ1) is 8.94. The van der Waals surface area contributed by atoms with E-state index in [0.717, 1.165) is 0 Å². The van der Waals surface area contributed by atoms with Gasteiger partial charge in [0, 0.05) is 0 Å². The van der Waals surface area contributed by atoms with Crippen LogP contribution in [0.15, 0.2) is 0 Å². The SMILES string of the molecule is CC(C)COC(=O)C(N)=O. The lowest BCUT2D eigenvalue weighted by molar-refractivity contribution is -0.154. The maximum atomic E-state index is 10.4. The predicted molar refractivity (Wildman–Crippen MR) is 35.0 cm³/mol. The maximum Gasteiger partial charge on any atom is 0.396 e. The van der Waals surface area contributed by atoms with Gasteiger partial charge in [-0.05, 0) is 5.92 Å². The minimum atomic E-state index is -1.04. The van der Waals surface area contributed by atoms with Crippen LogP contribution in [-0.4, -0.2) is 18.5 Å². The molecule has 0 aromatic rings. The van der Waals surface area contributed by atoms with E-state index in [0.29, 0.717) is 0 Å². The van der Waals surface area contributed by atoms with Gasteiger partial charge in [-0.25, -0.2) is 4.79 Å². The summed E-state index contributed by atoms with van der Waals surface area (Å²) in [4.78, 5) is 20.4. The van der Waals surface area contributed by atoms with E-state index in [1.165, 1.54) is 0 Å². The number of nitrogens with two attached hydrogens (primary N) is 1. The van der Waals surface area contributed by atoms with Gasteiger partial charge in [0.05, 0.1) is 6.61 Å². The van der Waals surface area contributed by atoms with Crippen molar-refractivity contribution in [3.05, 3.63) is 0 Å². The van der Waals surface area contributed by atoms with Crippen LogP contribution in [0, 0.1) is 5.92 Å². The number of carbonyl (C=O) groups is 2. The van der Waals surface area contributed by atoms with Gasteiger partial charge in [0.2, 0.25) is 0 Å². The zero-order valence-electron chi connectivity index (χ0n) is 6.09. The fourth-order valence-corrected chi connectivity index (χ4v) is 0.313. The van der Waals surface area contributed by atoms with Crippen molar-refractivity contribution in [2.24, 2.45) is 11.7 Å². The summed E-state index contributed by atoms with van der Waals surface area (Å²) in [5, 5.41) is 0. The molecule has 0 aromatic heterocycles. The number of ether oxygens (including phenoxy) is 1. The van der Waals surface area contributed by atoms with Gasteiger partial charge in [-0.3, -0.25) is 4.79 Å². The summed E-state index contributed by atoms with van der Waals surface area (Å²) in [5.74, 6) is -1.78. The Balaban J connectivity index is 3.50. The molecule has 0 fully saturated rings. The number of carbonyl (C=O) groups excluding carboxylic acids is 2. The Hall–Kier alpha value is -1.06. The molecule has 0 aromatic carbocycles. The Morgan fingerprint density at radius 1 is 1.50 bits per heavy atom. The molecule has 1 amide bonds. The summed E-state index contributed by atoms with van der Waals surface area (Å²) in [6.45, 7) is 3.98. The lowest BCUT2D eigenvalue weighted by Crippen LogP contribution is -2.26. The van der Waals surface area contributed by atoms with Gasteiger partial charge in [0.15, 0.2) is 0 Å². The van der Waals surface area contributed by atoms with Crippen molar-refractivity contribution >= 4 is 11.9 Å². The summed E-state index contributed by atoms with van der Waals surface area (Å²) in [7, 11) is 0. The number of amides is 1. The van der Waals surface area contributed by atoms with Crippen molar-refractivity contribution in [1.29, 1.82) is 0 Å². The van der Waals surface area contributed by atoms with E-state index in [1.54, 1.807) is 0 Å². The van der Waals surface area contributed by atoms with E-state index in [-0.39, 0.29) is 12.5 Å². The van der Waals surface area contributed by atoms with Crippen LogP contribution >= 0.6 is 0 Å². The molecular formula is C6H11NO3. The molecule has 0 aliphatic heterocycles. The highest BCUT2D eigenvalue weighted by molar-refractivity contribution is 6.31. The molecule has 58 valence electrons. The molecule has 10 heavy (non-hydrogen) atoms. The second-order valence-corrected chi connectivity index (χ2v) is 2.36. The van der Waals surface area contributed by atoms with E-state index in [1.807, 2.05) is 13.8 Å². The van der Waals surface area contributed by atoms with E-state index >= 15 is 0 Å². The summed E-state index contributed by atoms with van der Waals surface area (Å²) in [6.07, 6.45) is 0. The van der Waals surface area contributed by atoms with Gasteiger partial charge in [0.1, 0.15) is 0 Å². The monoisotopic (exact) mass is 145 g/mol. The van der Waals surface area contributed by atoms with E-state index in [2.05, 4.69) is 10.5 Å². The van der Waals surface area contributed by atoms with Crippen LogP contribution in [0.3, 0.4) is 0 Å². The molecule has 0 saturated heterocycles. The zero-order chi connectivity index (χ0) is 8.15. The first-order chi connectivity index (χ1) is 4.54. The molecule has 4 heteroatoms. The van der Waals surface area contributed by atoms with Crippen LogP contribution in [0.2, 0.25) is 0 Å². The molecular weight excluding hydrogens is 134 g/mol. The van der Waals surface area contributed by atoms with Crippen molar-refractivity contribution < 1.29 is 14.3 Å². The van der Waals surface area contributed by atoms with Crippen LogP contribution < -0.4 is 5.73 Å². The van der Waals surface area contributed by atoms with Crippen LogP contribution in [0.4, 0.5) is 0 Å². The maximum absolute atomic E-state index is 10.4. The lowest BCUT2D eigenvalue weighted by Gasteiger charge is -2.03. The van der Waals surface area contributed by atoms with Crippen molar-refractivity contribution in [1.82, 2.24) is 0 Å². The Bertz CT molecular complexity index is 142. The Kier molecular flexibility index (Phi) is 3.46. The molecule has 2 N–H and O–H groups in total. The van der Waals surface area contributed by atoms with E-state index in [9.17, 15) is 9.59 Å². The van der Waals surface area contributed by atoms with Crippen LogP contribution in [0.1, 0.15) is 13.8 Å². The third-order valence-electron chi connectivity index (χ3n) is 0.749. The molecule has 0 aliphatic rings. The van der Waals surface area contributed by atoms with Gasteiger partial charge >= 0.3 is 11.9 Å². The van der Waals surface area contributed by atoms with Gasteiger partial charge in [0.25, 0.3) is 0 Å². The summed E-state index contributed by atoms with van der Waals surface area (Å²) >= 11 is 0. The normalized spacial score (nSPS) is 9.50. The molecule has 0 spiro atoms. The third-order valence-corrected chi connectivity index (χ3v) is 0.749. The standard InChI is InChI=1S/C6H11NO3/c1-4(2)3-10-6(9)5(7)8/h4H,3H2,1-2H3,(H2,7,8). The van der Waals surface area contributed by atoms with Crippen molar-refractivity contribution in [2.45, 2.75) is 13.8 Å². The van der Waals surface area contributed by atoms with E-state index in [4.69, 9.17) is 0 Å². The molecule has 0 heterocycles. The molecule has 0 radical (unpaired) electrons. The third kappa shape index (κ3) is 3.88. The fourth-order valence-electron chi connectivity index (χ4n) is 0.313. The molecule has 0 saturated carbocycles. The summed E-state index contributed by atoms with van der Waals surface area (Å²) in [6, 6.07) is 0. The number of esters is 1. The Morgan fingerprint density at radius 3 is 2.30 bits per heavy atom. The molecule has 0 aliphatic carbocycles. The minimum Gasteiger partial charge on any atom is -0.458 e. The topological polar surface area (TPSA) is 69.4 Å². The van der Waals surface area contributed by atoms with Gasteiger partial charge in [-0.2, -0.15) is 0 Å². The molecule has 0 unspecified atom stereocenters. The molecule has 0 rings (SSSR count). The summed E-state index contributed by atoms with van der Waals surface area (Å²) < 4.78 is 4.45. The number of hydrogen-bond acceptors (Lipinski definition) is 3. The zero-order valence-corrected chi connectivity index (χ0v) is 6.09. The van der Waals surface area contributed by atoms with Gasteiger partial charge < -0.3 is 10.5 Å². The number of hydrogen-bond donors (Lipinski definition) is 1. The van der Waals surface area contributed by atoms with Crippen molar-refractivity contribution in [2.75, 3.05) is 6.61 Å². The van der Waals surface area contributed by atoms with Crippen molar-refractivity contribution in [3.63, 3.8) is 0 Å². The van der Waals surface area contributed by atoms with Crippen LogP contribution in [0.25, 0.3) is 0 Å². The molecule has 4 nitrogen and oxygen atoms in total.